The van der Waals surface area contributed by atoms with E-state index in [9.17, 15) is 4.79 Å². The van der Waals surface area contributed by atoms with Crippen molar-refractivity contribution < 1.29 is 9.32 Å². The summed E-state index contributed by atoms with van der Waals surface area (Å²) in [7, 11) is 0. The van der Waals surface area contributed by atoms with Crippen LogP contribution in [-0.2, 0) is 11.2 Å². The Morgan fingerprint density at radius 1 is 1.12 bits per heavy atom. The highest BCUT2D eigenvalue weighted by atomic mass is 16.5. The fourth-order valence-corrected chi connectivity index (χ4v) is 3.03. The molecule has 4 aromatic rings. The number of benzene rings is 2. The van der Waals surface area contributed by atoms with Crippen LogP contribution in [0.15, 0.2) is 59.1 Å². The molecule has 0 saturated heterocycles. The maximum atomic E-state index is 12.4. The number of rotatable bonds is 4. The molecule has 1 N–H and O–H groups in total. The number of aryl methyl sites for hydroxylation is 2. The lowest BCUT2D eigenvalue weighted by Gasteiger charge is -2.08. The summed E-state index contributed by atoms with van der Waals surface area (Å²) in [6, 6.07) is 17.1. The predicted octanol–water partition coefficient (Wildman–Crippen LogP) is 3.81. The molecule has 1 amide bonds. The Balaban J connectivity index is 1.53. The van der Waals surface area contributed by atoms with Crippen LogP contribution < -0.4 is 5.32 Å². The molecule has 0 fully saturated rings. The number of nitrogens with zero attached hydrogens (tertiary/aromatic N) is 3. The Labute approximate surface area is 150 Å². The highest BCUT2D eigenvalue weighted by molar-refractivity contribution is 5.94. The second-order valence-corrected chi connectivity index (χ2v) is 6.24. The summed E-state index contributed by atoms with van der Waals surface area (Å²) < 4.78 is 7.11. The third-order valence-corrected chi connectivity index (χ3v) is 4.16. The van der Waals surface area contributed by atoms with Gasteiger partial charge in [0.2, 0.25) is 5.91 Å². The molecular formula is C20H18N4O2. The van der Waals surface area contributed by atoms with Crippen LogP contribution in [0, 0.1) is 13.8 Å². The first kappa shape index (κ1) is 16.1. The minimum absolute atomic E-state index is 0.144. The van der Waals surface area contributed by atoms with Crippen molar-refractivity contribution in [3.05, 3.63) is 71.7 Å². The maximum Gasteiger partial charge on any atom is 0.230 e. The van der Waals surface area contributed by atoms with Crippen LogP contribution >= 0.6 is 0 Å². The zero-order chi connectivity index (χ0) is 18.1. The molecule has 0 saturated carbocycles. The Morgan fingerprint density at radius 2 is 1.96 bits per heavy atom. The number of para-hydroxylation sites is 1. The third kappa shape index (κ3) is 3.09. The van der Waals surface area contributed by atoms with E-state index in [1.54, 1.807) is 0 Å². The quantitative estimate of drug-likeness (QED) is 0.610. The third-order valence-electron chi connectivity index (χ3n) is 4.16. The number of anilines is 1. The van der Waals surface area contributed by atoms with E-state index < -0.39 is 0 Å². The number of fused-ring (bicyclic) bond motifs is 1. The van der Waals surface area contributed by atoms with Gasteiger partial charge in [0.05, 0.1) is 17.8 Å². The first-order chi connectivity index (χ1) is 12.6. The largest absolute Gasteiger partial charge is 0.356 e. The summed E-state index contributed by atoms with van der Waals surface area (Å²) in [5, 5.41) is 12.3. The smallest absolute Gasteiger partial charge is 0.230 e. The van der Waals surface area contributed by atoms with Crippen LogP contribution in [0.5, 0.6) is 0 Å². The highest BCUT2D eigenvalue weighted by Crippen LogP contribution is 2.20. The van der Waals surface area contributed by atoms with Gasteiger partial charge >= 0.3 is 0 Å². The minimum atomic E-state index is -0.144. The second kappa shape index (κ2) is 6.48. The standard InChI is InChI=1S/C20H18N4O2/c1-13-10-14(2)24(22-13)16-7-5-6-15(11-16)21-20(25)12-18-17-8-3-4-9-19(17)26-23-18/h3-11H,12H2,1-2H3,(H,21,25). The molecule has 6 nitrogen and oxygen atoms in total. The molecule has 130 valence electrons. The monoisotopic (exact) mass is 346 g/mol. The SMILES string of the molecule is Cc1cc(C)n(-c2cccc(NC(=O)Cc3noc4ccccc34)c2)n1. The van der Waals surface area contributed by atoms with E-state index in [4.69, 9.17) is 4.52 Å². The molecule has 0 radical (unpaired) electrons. The van der Waals surface area contributed by atoms with Crippen molar-refractivity contribution in [2.24, 2.45) is 0 Å². The zero-order valence-corrected chi connectivity index (χ0v) is 14.6. The van der Waals surface area contributed by atoms with E-state index >= 15 is 0 Å². The van der Waals surface area contributed by atoms with Crippen molar-refractivity contribution >= 4 is 22.6 Å². The summed E-state index contributed by atoms with van der Waals surface area (Å²) >= 11 is 0. The van der Waals surface area contributed by atoms with Crippen molar-refractivity contribution in [3.63, 3.8) is 0 Å². The maximum absolute atomic E-state index is 12.4. The van der Waals surface area contributed by atoms with Crippen LogP contribution in [-0.4, -0.2) is 20.8 Å². The van der Waals surface area contributed by atoms with Gasteiger partial charge in [-0.05, 0) is 50.2 Å². The lowest BCUT2D eigenvalue weighted by Crippen LogP contribution is -2.15. The van der Waals surface area contributed by atoms with Gasteiger partial charge in [-0.25, -0.2) is 4.68 Å². The van der Waals surface area contributed by atoms with Gasteiger partial charge in [-0.2, -0.15) is 5.10 Å². The van der Waals surface area contributed by atoms with Gasteiger partial charge in [0.1, 0.15) is 5.69 Å². The first-order valence-electron chi connectivity index (χ1n) is 8.37. The molecule has 0 spiro atoms. The second-order valence-electron chi connectivity index (χ2n) is 6.24. The molecule has 0 aliphatic carbocycles. The van der Waals surface area contributed by atoms with Crippen molar-refractivity contribution in [3.8, 4) is 5.69 Å². The first-order valence-corrected chi connectivity index (χ1v) is 8.37. The van der Waals surface area contributed by atoms with Gasteiger partial charge < -0.3 is 9.84 Å². The Hall–Kier alpha value is -3.41. The van der Waals surface area contributed by atoms with E-state index in [0.717, 1.165) is 22.5 Å². The minimum Gasteiger partial charge on any atom is -0.356 e. The zero-order valence-electron chi connectivity index (χ0n) is 14.6. The summed E-state index contributed by atoms with van der Waals surface area (Å²) in [4.78, 5) is 12.4. The number of hydrogen-bond donors (Lipinski definition) is 1. The van der Waals surface area contributed by atoms with Gasteiger partial charge in [0.25, 0.3) is 0 Å². The molecule has 4 rings (SSSR count). The van der Waals surface area contributed by atoms with Crippen LogP contribution in [0.4, 0.5) is 5.69 Å². The molecule has 6 heteroatoms. The Morgan fingerprint density at radius 3 is 2.77 bits per heavy atom. The van der Waals surface area contributed by atoms with E-state index in [0.29, 0.717) is 17.0 Å². The fraction of sp³-hybridized carbons (Fsp3) is 0.150. The number of hydrogen-bond acceptors (Lipinski definition) is 4. The van der Waals surface area contributed by atoms with Gasteiger partial charge in [-0.3, -0.25) is 4.79 Å². The number of aromatic nitrogens is 3. The number of carbonyl (C=O) groups is 1. The summed E-state index contributed by atoms with van der Waals surface area (Å²) in [6.07, 6.45) is 0.154. The summed E-state index contributed by atoms with van der Waals surface area (Å²) in [5.41, 5.74) is 4.93. The van der Waals surface area contributed by atoms with Gasteiger partial charge in [-0.15, -0.1) is 0 Å². The van der Waals surface area contributed by atoms with Crippen LogP contribution in [0.3, 0.4) is 0 Å². The normalized spacial score (nSPS) is 11.0. The van der Waals surface area contributed by atoms with Crippen molar-refractivity contribution in [2.45, 2.75) is 20.3 Å². The molecule has 0 unspecified atom stereocenters. The lowest BCUT2D eigenvalue weighted by atomic mass is 10.1. The predicted molar refractivity (Wildman–Crippen MR) is 99.4 cm³/mol. The van der Waals surface area contributed by atoms with E-state index in [1.165, 1.54) is 0 Å². The summed E-state index contributed by atoms with van der Waals surface area (Å²) in [6.45, 7) is 3.96. The topological polar surface area (TPSA) is 73.0 Å². The van der Waals surface area contributed by atoms with Crippen molar-refractivity contribution in [1.29, 1.82) is 0 Å². The van der Waals surface area contributed by atoms with Gasteiger partial charge in [0, 0.05) is 16.8 Å². The van der Waals surface area contributed by atoms with Crippen LogP contribution in [0.2, 0.25) is 0 Å². The molecule has 0 atom stereocenters. The van der Waals surface area contributed by atoms with Crippen LogP contribution in [0.1, 0.15) is 17.1 Å². The lowest BCUT2D eigenvalue weighted by molar-refractivity contribution is -0.115. The number of amides is 1. The number of carbonyl (C=O) groups excluding carboxylic acids is 1. The molecule has 0 bridgehead atoms. The van der Waals surface area contributed by atoms with Gasteiger partial charge in [-0.1, -0.05) is 23.4 Å². The average Bonchev–Trinajstić information content (AvgIpc) is 3.18. The molecule has 2 aromatic carbocycles. The average molecular weight is 346 g/mol. The molecule has 0 aliphatic rings. The molecule has 26 heavy (non-hydrogen) atoms. The fourth-order valence-electron chi connectivity index (χ4n) is 3.03. The van der Waals surface area contributed by atoms with Crippen LogP contribution in [0.25, 0.3) is 16.7 Å². The van der Waals surface area contributed by atoms with E-state index in [-0.39, 0.29) is 12.3 Å². The van der Waals surface area contributed by atoms with E-state index in [1.807, 2.05) is 73.1 Å². The molecule has 2 heterocycles. The van der Waals surface area contributed by atoms with Crippen molar-refractivity contribution in [2.75, 3.05) is 5.32 Å². The number of nitrogens with one attached hydrogen (secondary N) is 1. The molecule has 0 aliphatic heterocycles. The van der Waals surface area contributed by atoms with Gasteiger partial charge in [0.15, 0.2) is 5.58 Å². The van der Waals surface area contributed by atoms with E-state index in [2.05, 4.69) is 15.6 Å². The Bertz CT molecular complexity index is 1090. The molecule has 2 aromatic heterocycles. The highest BCUT2D eigenvalue weighted by Gasteiger charge is 2.13. The summed E-state index contributed by atoms with van der Waals surface area (Å²) in [5.74, 6) is -0.144. The van der Waals surface area contributed by atoms with Crippen molar-refractivity contribution in [1.82, 2.24) is 14.9 Å². The molecular weight excluding hydrogens is 328 g/mol. The Kier molecular flexibility index (Phi) is 4.01.